The summed E-state index contributed by atoms with van der Waals surface area (Å²) < 4.78 is 11.5. The maximum Gasteiger partial charge on any atom is 0.210 e. The molecule has 0 bridgehead atoms. The van der Waals surface area contributed by atoms with Crippen molar-refractivity contribution in [2.75, 3.05) is 4.47 Å². The molecule has 1 aromatic carbocycles. The van der Waals surface area contributed by atoms with Gasteiger partial charge < -0.3 is 9.26 Å². The Balaban J connectivity index is 1.61. The molecule has 0 radical (unpaired) electrons. The first-order valence-electron chi connectivity index (χ1n) is 8.49. The molecule has 28 heavy (non-hydrogen) atoms. The Bertz CT molecular complexity index is 1100. The Labute approximate surface area is 171 Å². The molecule has 0 fully saturated rings. The Morgan fingerprint density at radius 2 is 2.00 bits per heavy atom. The van der Waals surface area contributed by atoms with E-state index in [-0.39, 0.29) is 0 Å². The van der Waals surface area contributed by atoms with E-state index in [0.29, 0.717) is 40.4 Å². The third-order valence-electron chi connectivity index (χ3n) is 4.39. The second-order valence-corrected chi connectivity index (χ2v) is 7.62. The number of anilines is 1. The number of pyridine rings is 1. The first kappa shape index (κ1) is 18.8. The van der Waals surface area contributed by atoms with Crippen molar-refractivity contribution in [3.8, 4) is 11.8 Å². The number of halogens is 1. The van der Waals surface area contributed by atoms with E-state index in [1.165, 1.54) is 0 Å². The number of fused-ring (bicyclic) bond motifs is 1. The smallest absolute Gasteiger partial charge is 0.210 e. The number of aromatic nitrogens is 2. The second kappa shape index (κ2) is 7.86. The molecule has 0 aliphatic carbocycles. The minimum absolute atomic E-state index is 0.340. The van der Waals surface area contributed by atoms with Crippen LogP contribution >= 0.6 is 23.5 Å². The van der Waals surface area contributed by atoms with E-state index in [9.17, 15) is 5.21 Å². The fraction of sp³-hybridized carbons (Fsp3) is 0.200. The van der Waals surface area contributed by atoms with E-state index in [1.54, 1.807) is 19.2 Å². The SMILES string of the molecule is Cc1onc(N(O)Sc2cccnc2C#Cc2cc3c(cc2Cl)COC3)c1C. The molecular formula is C20H16ClN3O3S. The molecule has 1 aliphatic rings. The van der Waals surface area contributed by atoms with Gasteiger partial charge in [0, 0.05) is 29.3 Å². The zero-order chi connectivity index (χ0) is 19.7. The van der Waals surface area contributed by atoms with Crippen molar-refractivity contribution in [1.29, 1.82) is 0 Å². The molecule has 2 aromatic heterocycles. The maximum absolute atomic E-state index is 10.4. The van der Waals surface area contributed by atoms with Crippen LogP contribution < -0.4 is 4.47 Å². The van der Waals surface area contributed by atoms with Gasteiger partial charge in [0.25, 0.3) is 0 Å². The normalized spacial score (nSPS) is 12.4. The van der Waals surface area contributed by atoms with E-state index in [4.69, 9.17) is 20.9 Å². The topological polar surface area (TPSA) is 71.6 Å². The lowest BCUT2D eigenvalue weighted by Gasteiger charge is -2.13. The summed E-state index contributed by atoms with van der Waals surface area (Å²) in [5.41, 5.74) is 4.20. The van der Waals surface area contributed by atoms with Crippen molar-refractivity contribution in [3.63, 3.8) is 0 Å². The molecular weight excluding hydrogens is 398 g/mol. The highest BCUT2D eigenvalue weighted by molar-refractivity contribution is 8.00. The summed E-state index contributed by atoms with van der Waals surface area (Å²) >= 11 is 7.41. The number of nitrogens with zero attached hydrogens (tertiary/aromatic N) is 3. The largest absolute Gasteiger partial charge is 0.372 e. The van der Waals surface area contributed by atoms with Crippen LogP contribution in [0.4, 0.5) is 5.82 Å². The summed E-state index contributed by atoms with van der Waals surface area (Å²) in [6.45, 7) is 4.77. The van der Waals surface area contributed by atoms with Gasteiger partial charge in [-0.1, -0.05) is 22.7 Å². The zero-order valence-electron chi connectivity index (χ0n) is 15.2. The number of hydrogen-bond donors (Lipinski definition) is 1. The third kappa shape index (κ3) is 3.73. The average Bonchev–Trinajstić information content (AvgIpc) is 3.27. The van der Waals surface area contributed by atoms with Gasteiger partial charge >= 0.3 is 0 Å². The van der Waals surface area contributed by atoms with Gasteiger partial charge in [0.1, 0.15) is 11.5 Å². The van der Waals surface area contributed by atoms with E-state index < -0.39 is 0 Å². The monoisotopic (exact) mass is 413 g/mol. The fourth-order valence-corrected chi connectivity index (χ4v) is 3.71. The molecule has 0 spiro atoms. The van der Waals surface area contributed by atoms with Gasteiger partial charge in [-0.05, 0) is 55.2 Å². The van der Waals surface area contributed by atoms with Crippen molar-refractivity contribution < 1.29 is 14.5 Å². The van der Waals surface area contributed by atoms with Gasteiger partial charge in [0.15, 0.2) is 0 Å². The molecule has 8 heteroatoms. The molecule has 6 nitrogen and oxygen atoms in total. The minimum Gasteiger partial charge on any atom is -0.372 e. The lowest BCUT2D eigenvalue weighted by Crippen LogP contribution is -2.09. The number of ether oxygens (including phenoxy) is 1. The lowest BCUT2D eigenvalue weighted by molar-refractivity contribution is 0.134. The molecule has 3 aromatic rings. The summed E-state index contributed by atoms with van der Waals surface area (Å²) in [6, 6.07) is 7.45. The molecule has 1 aliphatic heterocycles. The van der Waals surface area contributed by atoms with Crippen LogP contribution in [0.25, 0.3) is 0 Å². The first-order valence-corrected chi connectivity index (χ1v) is 9.64. The number of aryl methyl sites for hydroxylation is 1. The van der Waals surface area contributed by atoms with Crippen LogP contribution in [0.2, 0.25) is 5.02 Å². The molecule has 0 unspecified atom stereocenters. The van der Waals surface area contributed by atoms with Crippen molar-refractivity contribution >= 4 is 29.4 Å². The van der Waals surface area contributed by atoms with Gasteiger partial charge in [-0.3, -0.25) is 5.21 Å². The summed E-state index contributed by atoms with van der Waals surface area (Å²) in [5, 5.41) is 14.8. The van der Waals surface area contributed by atoms with Crippen molar-refractivity contribution in [2.45, 2.75) is 32.0 Å². The standard InChI is InChI=1S/C20H16ClN3O3S/c1-12-13(2)27-23-20(12)24(25)28-19-4-3-7-22-18(19)6-5-14-8-15-10-26-11-16(15)9-17(14)21/h3-4,7-9,25H,10-11H2,1-2H3. The highest BCUT2D eigenvalue weighted by atomic mass is 35.5. The van der Waals surface area contributed by atoms with E-state index in [0.717, 1.165) is 38.7 Å². The van der Waals surface area contributed by atoms with Gasteiger partial charge in [-0.2, -0.15) is 4.47 Å². The van der Waals surface area contributed by atoms with Crippen LogP contribution in [0.15, 0.2) is 39.9 Å². The minimum atomic E-state index is 0.340. The van der Waals surface area contributed by atoms with Crippen LogP contribution in [0.1, 0.15) is 33.7 Å². The maximum atomic E-state index is 10.4. The van der Waals surface area contributed by atoms with Gasteiger partial charge in [-0.15, -0.1) is 0 Å². The van der Waals surface area contributed by atoms with Crippen molar-refractivity contribution in [2.24, 2.45) is 0 Å². The Morgan fingerprint density at radius 1 is 1.21 bits per heavy atom. The van der Waals surface area contributed by atoms with E-state index in [1.807, 2.05) is 25.1 Å². The number of benzene rings is 1. The Hall–Kier alpha value is -2.50. The molecule has 142 valence electrons. The van der Waals surface area contributed by atoms with Gasteiger partial charge in [0.2, 0.25) is 5.82 Å². The first-order chi connectivity index (χ1) is 13.5. The number of hydrogen-bond acceptors (Lipinski definition) is 7. The highest BCUT2D eigenvalue weighted by Gasteiger charge is 2.17. The molecule has 1 N–H and O–H groups in total. The van der Waals surface area contributed by atoms with Crippen molar-refractivity contribution in [1.82, 2.24) is 10.1 Å². The highest BCUT2D eigenvalue weighted by Crippen LogP contribution is 2.31. The van der Waals surface area contributed by atoms with E-state index in [2.05, 4.69) is 22.0 Å². The molecule has 0 saturated heterocycles. The van der Waals surface area contributed by atoms with Crippen LogP contribution in [0, 0.1) is 25.7 Å². The van der Waals surface area contributed by atoms with Crippen LogP contribution in [0.5, 0.6) is 0 Å². The molecule has 4 rings (SSSR count). The summed E-state index contributed by atoms with van der Waals surface area (Å²) in [6.07, 6.45) is 1.65. The van der Waals surface area contributed by atoms with Crippen LogP contribution in [-0.2, 0) is 18.0 Å². The number of rotatable bonds is 3. The summed E-state index contributed by atoms with van der Waals surface area (Å²) in [4.78, 5) is 5.01. The zero-order valence-corrected chi connectivity index (χ0v) is 16.8. The second-order valence-electron chi connectivity index (χ2n) is 6.25. The average molecular weight is 414 g/mol. The summed E-state index contributed by atoms with van der Waals surface area (Å²) in [7, 11) is 0. The Kier molecular flexibility index (Phi) is 5.29. The van der Waals surface area contributed by atoms with Crippen LogP contribution in [-0.4, -0.2) is 15.3 Å². The predicted molar refractivity (Wildman–Crippen MR) is 106 cm³/mol. The molecule has 0 saturated carbocycles. The molecule has 3 heterocycles. The lowest BCUT2D eigenvalue weighted by atomic mass is 10.1. The van der Waals surface area contributed by atoms with Gasteiger partial charge in [-0.25, -0.2) is 4.98 Å². The fourth-order valence-electron chi connectivity index (χ4n) is 2.70. The van der Waals surface area contributed by atoms with Gasteiger partial charge in [0.05, 0.1) is 23.1 Å². The third-order valence-corrected chi connectivity index (χ3v) is 5.57. The quantitative estimate of drug-likeness (QED) is 0.380. The molecule has 0 atom stereocenters. The molecule has 0 amide bonds. The van der Waals surface area contributed by atoms with Crippen molar-refractivity contribution in [3.05, 3.63) is 69.2 Å². The Morgan fingerprint density at radius 3 is 2.75 bits per heavy atom. The van der Waals surface area contributed by atoms with E-state index >= 15 is 0 Å². The predicted octanol–water partition coefficient (Wildman–Crippen LogP) is 4.67. The van der Waals surface area contributed by atoms with Crippen LogP contribution in [0.3, 0.4) is 0 Å². The summed E-state index contributed by atoms with van der Waals surface area (Å²) in [5.74, 6) is 7.12.